The number of hydrogen-bond acceptors (Lipinski definition) is 2. The molecule has 0 aromatic rings. The van der Waals surface area contributed by atoms with Crippen molar-refractivity contribution in [3.8, 4) is 0 Å². The van der Waals surface area contributed by atoms with Gasteiger partial charge in [-0.3, -0.25) is 0 Å². The van der Waals surface area contributed by atoms with Gasteiger partial charge in [-0.1, -0.05) is 4.40 Å². The molecule has 3 heteroatoms. The maximum atomic E-state index is 10.7. The zero-order chi connectivity index (χ0) is 6.78. The Morgan fingerprint density at radius 3 is 1.88 bits per heavy atom. The molecule has 0 aliphatic carbocycles. The summed E-state index contributed by atoms with van der Waals surface area (Å²) in [5.74, 6) is 0. The van der Waals surface area contributed by atoms with Crippen molar-refractivity contribution in [1.29, 1.82) is 0 Å². The van der Waals surface area contributed by atoms with Gasteiger partial charge in [0.05, 0.1) is 11.4 Å². The smallest absolute Gasteiger partial charge is 0.144 e. The van der Waals surface area contributed by atoms with Crippen LogP contribution in [0.25, 0.3) is 0 Å². The van der Waals surface area contributed by atoms with Crippen molar-refractivity contribution in [3.63, 3.8) is 0 Å². The molecule has 0 bridgehead atoms. The Morgan fingerprint density at radius 2 is 1.88 bits per heavy atom. The van der Waals surface area contributed by atoms with E-state index in [0.29, 0.717) is 0 Å². The third-order valence-corrected chi connectivity index (χ3v) is 1.92. The van der Waals surface area contributed by atoms with Gasteiger partial charge in [0.1, 0.15) is 4.75 Å². The summed E-state index contributed by atoms with van der Waals surface area (Å²) in [6.45, 7) is 8.75. The Hall–Kier alpha value is -0.0200. The lowest BCUT2D eigenvalue weighted by molar-refractivity contribution is 0.562. The highest BCUT2D eigenvalue weighted by molar-refractivity contribution is 7.91. The molecule has 2 nitrogen and oxygen atoms in total. The fourth-order valence-electron chi connectivity index (χ4n) is 0.194. The molecule has 8 heavy (non-hydrogen) atoms. The van der Waals surface area contributed by atoms with Gasteiger partial charge < -0.3 is 4.55 Å². The van der Waals surface area contributed by atoms with Gasteiger partial charge >= 0.3 is 0 Å². The summed E-state index contributed by atoms with van der Waals surface area (Å²) >= 11 is -1.13. The van der Waals surface area contributed by atoms with Gasteiger partial charge in [0.25, 0.3) is 0 Å². The van der Waals surface area contributed by atoms with Gasteiger partial charge in [0, 0.05) is 6.72 Å². The molecular formula is C5H11NOS. The molecule has 0 aliphatic rings. The molecule has 0 aromatic carbocycles. The molecular weight excluding hydrogens is 122 g/mol. The Bertz CT molecular complexity index is 86.9. The first-order valence-corrected chi connectivity index (χ1v) is 3.48. The molecule has 0 radical (unpaired) electrons. The lowest BCUT2D eigenvalue weighted by atomic mass is 10.3. The third-order valence-electron chi connectivity index (χ3n) is 0.641. The van der Waals surface area contributed by atoms with E-state index in [9.17, 15) is 4.55 Å². The largest absolute Gasteiger partial charge is 0.591 e. The second-order valence-electron chi connectivity index (χ2n) is 2.49. The SMILES string of the molecule is C=N[S@@+]([O-])C(C)(C)C. The van der Waals surface area contributed by atoms with Crippen LogP contribution in [0.3, 0.4) is 0 Å². The average molecular weight is 133 g/mol. The normalized spacial score (nSPS) is 15.5. The summed E-state index contributed by atoms with van der Waals surface area (Å²) in [6, 6.07) is 0. The molecule has 0 saturated carbocycles. The van der Waals surface area contributed by atoms with Gasteiger partial charge in [-0.15, -0.1) is 0 Å². The predicted octanol–water partition coefficient (Wildman–Crippen LogP) is 1.15. The number of nitrogens with zero attached hydrogens (tertiary/aromatic N) is 1. The molecule has 0 unspecified atom stereocenters. The van der Waals surface area contributed by atoms with Crippen molar-refractivity contribution in [3.05, 3.63) is 0 Å². The monoisotopic (exact) mass is 133 g/mol. The highest BCUT2D eigenvalue weighted by atomic mass is 32.2. The lowest BCUT2D eigenvalue weighted by Crippen LogP contribution is -2.25. The fourth-order valence-corrected chi connectivity index (χ4v) is 0.581. The van der Waals surface area contributed by atoms with E-state index in [0.717, 1.165) is 0 Å². The van der Waals surface area contributed by atoms with Crippen LogP contribution in [0.4, 0.5) is 0 Å². The molecule has 0 aliphatic heterocycles. The van der Waals surface area contributed by atoms with E-state index in [1.807, 2.05) is 20.8 Å². The first-order chi connectivity index (χ1) is 3.48. The quantitative estimate of drug-likeness (QED) is 0.390. The Kier molecular flexibility index (Phi) is 2.50. The van der Waals surface area contributed by atoms with E-state index in [2.05, 4.69) is 11.1 Å². The molecule has 0 amide bonds. The van der Waals surface area contributed by atoms with Crippen LogP contribution in [0, 0.1) is 0 Å². The van der Waals surface area contributed by atoms with Crippen LogP contribution in [-0.4, -0.2) is 16.0 Å². The highest BCUT2D eigenvalue weighted by Crippen LogP contribution is 2.15. The van der Waals surface area contributed by atoms with Gasteiger partial charge in [-0.2, -0.15) is 0 Å². The molecule has 48 valence electrons. The summed E-state index contributed by atoms with van der Waals surface area (Å²) in [5.41, 5.74) is 0. The van der Waals surface area contributed by atoms with E-state index in [4.69, 9.17) is 0 Å². The van der Waals surface area contributed by atoms with Crippen LogP contribution in [0.15, 0.2) is 4.40 Å². The summed E-state index contributed by atoms with van der Waals surface area (Å²) < 4.78 is 13.8. The minimum Gasteiger partial charge on any atom is -0.591 e. The van der Waals surface area contributed by atoms with Crippen LogP contribution in [0.5, 0.6) is 0 Å². The van der Waals surface area contributed by atoms with Gasteiger partial charge in [-0.05, 0) is 20.8 Å². The van der Waals surface area contributed by atoms with Crippen molar-refractivity contribution >= 4 is 18.1 Å². The summed E-state index contributed by atoms with van der Waals surface area (Å²) in [7, 11) is 0. The molecule has 0 saturated heterocycles. The van der Waals surface area contributed by atoms with Gasteiger partial charge in [-0.25, -0.2) is 0 Å². The van der Waals surface area contributed by atoms with E-state index in [-0.39, 0.29) is 4.75 Å². The number of rotatable bonds is 1. The fraction of sp³-hybridized carbons (Fsp3) is 0.800. The second kappa shape index (κ2) is 2.51. The Morgan fingerprint density at radius 1 is 1.50 bits per heavy atom. The van der Waals surface area contributed by atoms with E-state index < -0.39 is 11.4 Å². The van der Waals surface area contributed by atoms with Gasteiger partial charge in [0.2, 0.25) is 0 Å². The van der Waals surface area contributed by atoms with E-state index in [1.54, 1.807) is 0 Å². The molecule has 1 atom stereocenters. The topological polar surface area (TPSA) is 35.4 Å². The minimum atomic E-state index is -1.13. The van der Waals surface area contributed by atoms with E-state index in [1.165, 1.54) is 0 Å². The predicted molar refractivity (Wildman–Crippen MR) is 37.4 cm³/mol. The summed E-state index contributed by atoms with van der Waals surface area (Å²) in [5, 5.41) is 0. The van der Waals surface area contributed by atoms with Crippen molar-refractivity contribution in [1.82, 2.24) is 0 Å². The standard InChI is InChI=1S/C5H11NOS/c1-5(2,3)8(7)6-4/h4H2,1-3H3/t8-/m0/s1. The Labute approximate surface area is 53.3 Å². The Balaban J connectivity index is 3.80. The van der Waals surface area contributed by atoms with Crippen LogP contribution in [-0.2, 0) is 11.4 Å². The molecule has 0 rings (SSSR count). The van der Waals surface area contributed by atoms with Crippen LogP contribution < -0.4 is 0 Å². The van der Waals surface area contributed by atoms with Crippen LogP contribution >= 0.6 is 0 Å². The summed E-state index contributed by atoms with van der Waals surface area (Å²) in [4.78, 5) is 0. The van der Waals surface area contributed by atoms with Crippen molar-refractivity contribution < 1.29 is 4.55 Å². The van der Waals surface area contributed by atoms with Crippen molar-refractivity contribution in [2.24, 2.45) is 4.40 Å². The number of hydrogen-bond donors (Lipinski definition) is 0. The molecule has 0 spiro atoms. The molecule has 0 heterocycles. The first kappa shape index (κ1) is 7.98. The van der Waals surface area contributed by atoms with E-state index >= 15 is 0 Å². The van der Waals surface area contributed by atoms with Crippen LogP contribution in [0.2, 0.25) is 0 Å². The average Bonchev–Trinajstić information content (AvgIpc) is 1.62. The summed E-state index contributed by atoms with van der Waals surface area (Å²) in [6.07, 6.45) is 0. The second-order valence-corrected chi connectivity index (χ2v) is 4.47. The molecule has 0 N–H and O–H groups in total. The molecule has 0 fully saturated rings. The van der Waals surface area contributed by atoms with Crippen molar-refractivity contribution in [2.75, 3.05) is 0 Å². The third kappa shape index (κ3) is 2.33. The maximum Gasteiger partial charge on any atom is 0.144 e. The first-order valence-electron chi connectivity index (χ1n) is 2.37. The lowest BCUT2D eigenvalue weighted by Gasteiger charge is -2.16. The minimum absolute atomic E-state index is 0.248. The van der Waals surface area contributed by atoms with Gasteiger partial charge in [0.15, 0.2) is 0 Å². The van der Waals surface area contributed by atoms with Crippen molar-refractivity contribution in [2.45, 2.75) is 25.5 Å². The zero-order valence-corrected chi connectivity index (χ0v) is 6.29. The maximum absolute atomic E-state index is 10.7. The highest BCUT2D eigenvalue weighted by Gasteiger charge is 2.24. The van der Waals surface area contributed by atoms with Crippen LogP contribution in [0.1, 0.15) is 20.8 Å². The zero-order valence-electron chi connectivity index (χ0n) is 5.47. The molecule has 0 aromatic heterocycles.